The molecule has 1 rings (SSSR count). The Morgan fingerprint density at radius 3 is 2.35 bits per heavy atom. The Morgan fingerprint density at radius 1 is 1.29 bits per heavy atom. The van der Waals surface area contributed by atoms with Crippen molar-refractivity contribution in [3.8, 4) is 0 Å². The van der Waals surface area contributed by atoms with Gasteiger partial charge in [0.25, 0.3) is 0 Å². The number of hydrogen-bond donors (Lipinski definition) is 3. The molecule has 0 heterocycles. The summed E-state index contributed by atoms with van der Waals surface area (Å²) in [6.45, 7) is 5.94. The molecule has 5 nitrogen and oxygen atoms in total. The molecule has 3 atom stereocenters. The Bertz CT molecular complexity index is 315. The number of hydrogen-bond acceptors (Lipinski definition) is 2. The highest BCUT2D eigenvalue weighted by molar-refractivity contribution is 5.74. The van der Waals surface area contributed by atoms with Crippen LogP contribution in [0.3, 0.4) is 0 Å². The third-order valence-electron chi connectivity index (χ3n) is 4.28. The fourth-order valence-corrected chi connectivity index (χ4v) is 2.68. The molecule has 0 aromatic carbocycles. The van der Waals surface area contributed by atoms with Crippen molar-refractivity contribution in [1.29, 1.82) is 0 Å². The third kappa shape index (κ3) is 2.70. The quantitative estimate of drug-likeness (QED) is 0.685. The number of rotatable bonds is 2. The number of carboxylic acids is 1. The van der Waals surface area contributed by atoms with Crippen LogP contribution in [0.5, 0.6) is 0 Å². The minimum absolute atomic E-state index is 0.0422. The van der Waals surface area contributed by atoms with Crippen molar-refractivity contribution in [3.05, 3.63) is 0 Å². The number of carboxylic acid groups (broad SMARTS) is 1. The third-order valence-corrected chi connectivity index (χ3v) is 4.28. The highest BCUT2D eigenvalue weighted by atomic mass is 16.4. The fourth-order valence-electron chi connectivity index (χ4n) is 2.68. The van der Waals surface area contributed by atoms with Crippen LogP contribution in [0.25, 0.3) is 0 Å². The number of amides is 2. The largest absolute Gasteiger partial charge is 0.481 e. The number of nitrogens with one attached hydrogen (secondary N) is 2. The molecule has 3 unspecified atom stereocenters. The topological polar surface area (TPSA) is 78.4 Å². The lowest BCUT2D eigenvalue weighted by Crippen LogP contribution is -2.53. The van der Waals surface area contributed by atoms with Crippen LogP contribution in [0.1, 0.15) is 33.6 Å². The molecule has 17 heavy (non-hydrogen) atoms. The van der Waals surface area contributed by atoms with Gasteiger partial charge in [-0.3, -0.25) is 4.79 Å². The lowest BCUT2D eigenvalue weighted by Gasteiger charge is -2.46. The molecule has 0 bridgehead atoms. The highest BCUT2D eigenvalue weighted by Gasteiger charge is 2.46. The van der Waals surface area contributed by atoms with Crippen molar-refractivity contribution >= 4 is 12.0 Å². The zero-order chi connectivity index (χ0) is 13.2. The van der Waals surface area contributed by atoms with Crippen LogP contribution in [0.2, 0.25) is 0 Å². The lowest BCUT2D eigenvalue weighted by molar-refractivity contribution is -0.150. The summed E-state index contributed by atoms with van der Waals surface area (Å²) in [6, 6.07) is -0.160. The first-order valence-electron chi connectivity index (χ1n) is 6.01. The molecular weight excluding hydrogens is 220 g/mol. The van der Waals surface area contributed by atoms with Crippen molar-refractivity contribution in [1.82, 2.24) is 10.6 Å². The Morgan fingerprint density at radius 2 is 1.88 bits per heavy atom. The van der Waals surface area contributed by atoms with Crippen molar-refractivity contribution in [3.63, 3.8) is 0 Å². The number of aliphatic carboxylic acids is 1. The Balaban J connectivity index is 2.78. The molecule has 0 aromatic heterocycles. The van der Waals surface area contributed by atoms with Crippen LogP contribution >= 0.6 is 0 Å². The molecule has 3 N–H and O–H groups in total. The van der Waals surface area contributed by atoms with Crippen molar-refractivity contribution in [2.45, 2.75) is 39.7 Å². The first-order chi connectivity index (χ1) is 7.80. The molecule has 0 aromatic rings. The van der Waals surface area contributed by atoms with Crippen LogP contribution in [-0.2, 0) is 4.79 Å². The molecule has 2 amide bonds. The SMILES string of the molecule is CNC(=O)NC1CCC(C(=O)O)C(C)(C)C1C. The zero-order valence-electron chi connectivity index (χ0n) is 10.9. The van der Waals surface area contributed by atoms with Gasteiger partial charge < -0.3 is 15.7 Å². The molecule has 0 spiro atoms. The standard InChI is InChI=1S/C12H22N2O3/c1-7-9(14-11(17)13-4)6-5-8(10(15)16)12(7,2)3/h7-9H,5-6H2,1-4H3,(H,15,16)(H2,13,14,17). The van der Waals surface area contributed by atoms with Gasteiger partial charge in [0.15, 0.2) is 0 Å². The molecule has 1 aliphatic carbocycles. The second kappa shape index (κ2) is 4.94. The van der Waals surface area contributed by atoms with Crippen LogP contribution in [0, 0.1) is 17.3 Å². The molecular formula is C12H22N2O3. The summed E-state index contributed by atoms with van der Waals surface area (Å²) in [5.74, 6) is -0.935. The van der Waals surface area contributed by atoms with Gasteiger partial charge in [-0.15, -0.1) is 0 Å². The van der Waals surface area contributed by atoms with Gasteiger partial charge in [-0.2, -0.15) is 0 Å². The zero-order valence-corrected chi connectivity index (χ0v) is 10.9. The summed E-state index contributed by atoms with van der Waals surface area (Å²) in [4.78, 5) is 22.5. The monoisotopic (exact) mass is 242 g/mol. The van der Waals surface area contributed by atoms with Gasteiger partial charge in [-0.1, -0.05) is 20.8 Å². The number of urea groups is 1. The summed E-state index contributed by atoms with van der Waals surface area (Å²) < 4.78 is 0. The van der Waals surface area contributed by atoms with Crippen molar-refractivity contribution in [2.75, 3.05) is 7.05 Å². The Kier molecular flexibility index (Phi) is 4.01. The molecule has 1 fully saturated rings. The van der Waals surface area contributed by atoms with Crippen molar-refractivity contribution < 1.29 is 14.7 Å². The fraction of sp³-hybridized carbons (Fsp3) is 0.833. The molecule has 1 saturated carbocycles. The Labute approximate surface area is 102 Å². The van der Waals surface area contributed by atoms with Crippen LogP contribution < -0.4 is 10.6 Å². The lowest BCUT2D eigenvalue weighted by atomic mass is 9.61. The normalized spacial score (nSPS) is 31.6. The predicted molar refractivity (Wildman–Crippen MR) is 64.7 cm³/mol. The Hall–Kier alpha value is -1.26. The van der Waals surface area contributed by atoms with E-state index in [2.05, 4.69) is 10.6 Å². The van der Waals surface area contributed by atoms with Crippen LogP contribution in [-0.4, -0.2) is 30.2 Å². The summed E-state index contributed by atoms with van der Waals surface area (Å²) in [5.41, 5.74) is -0.310. The van der Waals surface area contributed by atoms with Gasteiger partial charge in [0.2, 0.25) is 0 Å². The average molecular weight is 242 g/mol. The van der Waals surface area contributed by atoms with Crippen molar-refractivity contribution in [2.24, 2.45) is 17.3 Å². The van der Waals surface area contributed by atoms with Crippen LogP contribution in [0.4, 0.5) is 4.79 Å². The summed E-state index contributed by atoms with van der Waals surface area (Å²) >= 11 is 0. The van der Waals surface area contributed by atoms with Gasteiger partial charge in [-0.25, -0.2) is 4.79 Å². The summed E-state index contributed by atoms with van der Waals surface area (Å²) in [6.07, 6.45) is 1.33. The minimum Gasteiger partial charge on any atom is -0.481 e. The predicted octanol–water partition coefficient (Wildman–Crippen LogP) is 1.44. The number of carbonyl (C=O) groups excluding carboxylic acids is 1. The maximum atomic E-state index is 11.3. The van der Waals surface area contributed by atoms with Crippen LogP contribution in [0.15, 0.2) is 0 Å². The number of carbonyl (C=O) groups is 2. The average Bonchev–Trinajstić information content (AvgIpc) is 2.24. The van der Waals surface area contributed by atoms with Gasteiger partial charge in [0, 0.05) is 13.1 Å². The van der Waals surface area contributed by atoms with E-state index in [1.165, 1.54) is 0 Å². The van der Waals surface area contributed by atoms with E-state index in [9.17, 15) is 14.7 Å². The summed E-state index contributed by atoms with van der Waals surface area (Å²) in [7, 11) is 1.58. The molecule has 98 valence electrons. The molecule has 1 aliphatic rings. The van der Waals surface area contributed by atoms with E-state index >= 15 is 0 Å². The van der Waals surface area contributed by atoms with E-state index in [1.807, 2.05) is 20.8 Å². The minimum atomic E-state index is -0.736. The molecule has 5 heteroatoms. The maximum absolute atomic E-state index is 11.3. The smallest absolute Gasteiger partial charge is 0.314 e. The molecule has 0 saturated heterocycles. The molecule has 0 aliphatic heterocycles. The van der Waals surface area contributed by atoms with E-state index < -0.39 is 5.97 Å². The first kappa shape index (κ1) is 13.8. The van der Waals surface area contributed by atoms with E-state index in [1.54, 1.807) is 7.05 Å². The van der Waals surface area contributed by atoms with Gasteiger partial charge in [-0.05, 0) is 24.2 Å². The van der Waals surface area contributed by atoms with Gasteiger partial charge in [0.05, 0.1) is 5.92 Å². The maximum Gasteiger partial charge on any atom is 0.314 e. The second-order valence-corrected chi connectivity index (χ2v) is 5.41. The van der Waals surface area contributed by atoms with E-state index in [0.29, 0.717) is 6.42 Å². The molecule has 0 radical (unpaired) electrons. The van der Waals surface area contributed by atoms with E-state index in [-0.39, 0.29) is 29.3 Å². The van der Waals surface area contributed by atoms with E-state index in [0.717, 1.165) is 6.42 Å². The van der Waals surface area contributed by atoms with E-state index in [4.69, 9.17) is 0 Å². The van der Waals surface area contributed by atoms with Gasteiger partial charge in [0.1, 0.15) is 0 Å². The highest BCUT2D eigenvalue weighted by Crippen LogP contribution is 2.44. The first-order valence-corrected chi connectivity index (χ1v) is 6.01. The second-order valence-electron chi connectivity index (χ2n) is 5.41. The van der Waals surface area contributed by atoms with Gasteiger partial charge >= 0.3 is 12.0 Å². The summed E-state index contributed by atoms with van der Waals surface area (Å²) in [5, 5.41) is 14.6.